The summed E-state index contributed by atoms with van der Waals surface area (Å²) in [6.45, 7) is 1.52. The zero-order valence-corrected chi connectivity index (χ0v) is 16.4. The Bertz CT molecular complexity index is 892. The molecule has 6 nitrogen and oxygen atoms in total. The number of hydrogen-bond donors (Lipinski definition) is 3. The molecule has 0 saturated carbocycles. The third-order valence-corrected chi connectivity index (χ3v) is 6.22. The van der Waals surface area contributed by atoms with Gasteiger partial charge in [-0.25, -0.2) is 4.98 Å². The fourth-order valence-electron chi connectivity index (χ4n) is 3.34. The average molecular weight is 435 g/mol. The third kappa shape index (κ3) is 3.83. The number of aliphatic hydroxyl groups is 1. The average Bonchev–Trinajstić information content (AvgIpc) is 3.31. The van der Waals surface area contributed by atoms with Crippen LogP contribution >= 0.6 is 27.3 Å². The number of aliphatic hydroxyl groups excluding tert-OH is 1. The van der Waals surface area contributed by atoms with Crippen molar-refractivity contribution in [1.29, 1.82) is 0 Å². The van der Waals surface area contributed by atoms with Gasteiger partial charge in [0.15, 0.2) is 0 Å². The summed E-state index contributed by atoms with van der Waals surface area (Å²) in [4.78, 5) is 23.6. The van der Waals surface area contributed by atoms with E-state index in [-0.39, 0.29) is 11.9 Å². The predicted octanol–water partition coefficient (Wildman–Crippen LogP) is 2.64. The van der Waals surface area contributed by atoms with Gasteiger partial charge >= 0.3 is 0 Å². The van der Waals surface area contributed by atoms with Gasteiger partial charge in [0, 0.05) is 27.8 Å². The minimum Gasteiger partial charge on any atom is -0.392 e. The fourth-order valence-corrected chi connectivity index (χ4v) is 4.82. The number of imidazole rings is 1. The fraction of sp³-hybridized carbons (Fsp3) is 0.333. The molecular formula is C18H19BrN4O2S. The number of aromatic nitrogens is 2. The van der Waals surface area contributed by atoms with Crippen LogP contribution in [0.5, 0.6) is 0 Å². The number of amides is 1. The van der Waals surface area contributed by atoms with E-state index in [1.54, 1.807) is 11.3 Å². The van der Waals surface area contributed by atoms with E-state index in [9.17, 15) is 9.90 Å². The minimum absolute atomic E-state index is 0.0716. The number of halogens is 1. The lowest BCUT2D eigenvalue weighted by Gasteiger charge is -2.22. The van der Waals surface area contributed by atoms with Crippen molar-refractivity contribution in [2.24, 2.45) is 0 Å². The second kappa shape index (κ2) is 7.48. The molecule has 1 aliphatic rings. The van der Waals surface area contributed by atoms with E-state index in [1.807, 2.05) is 34.5 Å². The molecule has 1 saturated heterocycles. The largest absolute Gasteiger partial charge is 0.392 e. The van der Waals surface area contributed by atoms with Crippen molar-refractivity contribution < 1.29 is 9.90 Å². The topological polar surface area (TPSA) is 81.2 Å². The van der Waals surface area contributed by atoms with E-state index in [1.165, 1.54) is 4.88 Å². The van der Waals surface area contributed by atoms with Crippen LogP contribution in [0.1, 0.15) is 17.1 Å². The third-order valence-electron chi connectivity index (χ3n) is 4.53. The zero-order valence-electron chi connectivity index (χ0n) is 14.0. The normalized spacial score (nSPS) is 20.7. The molecule has 0 spiro atoms. The summed E-state index contributed by atoms with van der Waals surface area (Å²) < 4.78 is 1.04. The number of nitrogens with one attached hydrogen (secondary N) is 2. The number of carbonyl (C=O) groups excluding carboxylic acids is 1. The second-order valence-corrected chi connectivity index (χ2v) is 8.40. The van der Waals surface area contributed by atoms with Crippen LogP contribution < -0.4 is 5.32 Å². The van der Waals surface area contributed by atoms with E-state index in [0.717, 1.165) is 21.3 Å². The summed E-state index contributed by atoms with van der Waals surface area (Å²) in [6.07, 6.45) is -0.0150. The summed E-state index contributed by atoms with van der Waals surface area (Å²) in [7, 11) is 0. The van der Waals surface area contributed by atoms with Gasteiger partial charge in [-0.05, 0) is 40.5 Å². The smallest absolute Gasteiger partial charge is 0.237 e. The molecule has 2 aromatic heterocycles. The predicted molar refractivity (Wildman–Crippen MR) is 105 cm³/mol. The lowest BCUT2D eigenvalue weighted by molar-refractivity contribution is -0.125. The first kappa shape index (κ1) is 17.7. The monoisotopic (exact) mass is 434 g/mol. The van der Waals surface area contributed by atoms with Crippen molar-refractivity contribution in [2.45, 2.75) is 31.7 Å². The molecule has 1 fully saturated rings. The number of fused-ring (bicyclic) bond motifs is 1. The number of hydrogen-bond acceptors (Lipinski definition) is 5. The van der Waals surface area contributed by atoms with Crippen LogP contribution in [0.4, 0.5) is 0 Å². The van der Waals surface area contributed by atoms with E-state index in [2.05, 4.69) is 37.3 Å². The van der Waals surface area contributed by atoms with Crippen LogP contribution in [-0.2, 0) is 17.9 Å². The number of rotatable bonds is 5. The first-order chi connectivity index (χ1) is 12.6. The molecule has 8 heteroatoms. The molecule has 136 valence electrons. The molecule has 0 bridgehead atoms. The van der Waals surface area contributed by atoms with Crippen molar-refractivity contribution in [3.8, 4) is 0 Å². The highest BCUT2D eigenvalue weighted by atomic mass is 79.9. The Morgan fingerprint density at radius 3 is 3.08 bits per heavy atom. The molecule has 2 atom stereocenters. The molecule has 1 amide bonds. The Balaban J connectivity index is 1.40. The van der Waals surface area contributed by atoms with Crippen LogP contribution in [0.2, 0.25) is 0 Å². The number of aromatic amines is 1. The standard InChI is InChI=1S/C18H19BrN4O2S/c19-11-5-13(26-10-11)9-23-8-12(24)6-16(23)18(25)20-7-17-21-14-3-1-2-4-15(14)22-17/h1-5,10,12,16,24H,6-9H2,(H,20,25)(H,21,22). The van der Waals surface area contributed by atoms with Crippen molar-refractivity contribution in [3.63, 3.8) is 0 Å². The summed E-state index contributed by atoms with van der Waals surface area (Å²) in [5.41, 5.74) is 1.84. The number of thiophene rings is 1. The number of carbonyl (C=O) groups is 1. The highest BCUT2D eigenvalue weighted by molar-refractivity contribution is 9.10. The minimum atomic E-state index is -0.472. The number of nitrogens with zero attached hydrogens (tertiary/aromatic N) is 2. The van der Waals surface area contributed by atoms with Crippen LogP contribution in [0, 0.1) is 0 Å². The van der Waals surface area contributed by atoms with Gasteiger partial charge in [-0.15, -0.1) is 11.3 Å². The van der Waals surface area contributed by atoms with E-state index >= 15 is 0 Å². The second-order valence-electron chi connectivity index (χ2n) is 6.48. The Labute approximate surface area is 163 Å². The molecule has 1 aromatic carbocycles. The first-order valence-electron chi connectivity index (χ1n) is 8.45. The van der Waals surface area contributed by atoms with Gasteiger partial charge in [-0.2, -0.15) is 0 Å². The van der Waals surface area contributed by atoms with Crippen molar-refractivity contribution in [1.82, 2.24) is 20.2 Å². The number of H-pyrrole nitrogens is 1. The Morgan fingerprint density at radius 1 is 1.46 bits per heavy atom. The van der Waals surface area contributed by atoms with Gasteiger partial charge in [-0.3, -0.25) is 9.69 Å². The van der Waals surface area contributed by atoms with Gasteiger partial charge in [0.25, 0.3) is 0 Å². The van der Waals surface area contributed by atoms with Crippen LogP contribution in [0.25, 0.3) is 11.0 Å². The van der Waals surface area contributed by atoms with Crippen LogP contribution in [0.3, 0.4) is 0 Å². The van der Waals surface area contributed by atoms with E-state index in [4.69, 9.17) is 0 Å². The van der Waals surface area contributed by atoms with Crippen molar-refractivity contribution in [2.75, 3.05) is 6.54 Å². The van der Waals surface area contributed by atoms with Crippen LogP contribution in [0.15, 0.2) is 40.2 Å². The molecule has 0 aliphatic carbocycles. The van der Waals surface area contributed by atoms with Gasteiger partial charge in [-0.1, -0.05) is 12.1 Å². The molecule has 4 rings (SSSR count). The lowest BCUT2D eigenvalue weighted by Crippen LogP contribution is -2.42. The maximum atomic E-state index is 12.7. The Hall–Kier alpha value is -1.74. The summed E-state index contributed by atoms with van der Waals surface area (Å²) >= 11 is 5.10. The van der Waals surface area contributed by atoms with Gasteiger partial charge in [0.1, 0.15) is 5.82 Å². The maximum absolute atomic E-state index is 12.7. The molecule has 3 N–H and O–H groups in total. The Kier molecular flexibility index (Phi) is 5.08. The molecule has 2 unspecified atom stereocenters. The molecule has 1 aliphatic heterocycles. The maximum Gasteiger partial charge on any atom is 0.237 e. The quantitative estimate of drug-likeness (QED) is 0.576. The summed E-state index contributed by atoms with van der Waals surface area (Å²) in [5, 5.41) is 15.0. The molecule has 26 heavy (non-hydrogen) atoms. The highest BCUT2D eigenvalue weighted by Gasteiger charge is 2.36. The van der Waals surface area contributed by atoms with Crippen LogP contribution in [-0.4, -0.2) is 44.6 Å². The lowest BCUT2D eigenvalue weighted by atomic mass is 10.2. The summed E-state index contributed by atoms with van der Waals surface area (Å²) in [6, 6.07) is 9.51. The zero-order chi connectivity index (χ0) is 18.1. The summed E-state index contributed by atoms with van der Waals surface area (Å²) in [5.74, 6) is 0.657. The van der Waals surface area contributed by atoms with E-state index in [0.29, 0.717) is 26.1 Å². The molecule has 0 radical (unpaired) electrons. The SMILES string of the molecule is O=C(NCc1nc2ccccc2[nH]1)C1CC(O)CN1Cc1cc(Br)cs1. The molecule has 3 heterocycles. The number of benzene rings is 1. The number of likely N-dealkylation sites (tertiary alicyclic amines) is 1. The number of β-amino-alcohol motifs (C(OH)–C–C–N with tert-alkyl or cyclic N) is 1. The van der Waals surface area contributed by atoms with E-state index < -0.39 is 6.10 Å². The number of para-hydroxylation sites is 2. The van der Waals surface area contributed by atoms with Crippen molar-refractivity contribution >= 4 is 44.2 Å². The highest BCUT2D eigenvalue weighted by Crippen LogP contribution is 2.26. The first-order valence-corrected chi connectivity index (χ1v) is 10.1. The van der Waals surface area contributed by atoms with Gasteiger partial charge in [0.05, 0.1) is 29.7 Å². The van der Waals surface area contributed by atoms with Crippen molar-refractivity contribution in [3.05, 3.63) is 50.9 Å². The van der Waals surface area contributed by atoms with Gasteiger partial charge in [0.2, 0.25) is 5.91 Å². The van der Waals surface area contributed by atoms with Gasteiger partial charge < -0.3 is 15.4 Å². The Morgan fingerprint density at radius 2 is 2.31 bits per heavy atom. The molecule has 3 aromatic rings. The molecular weight excluding hydrogens is 416 g/mol.